The second kappa shape index (κ2) is 8.68. The smallest absolute Gasteiger partial charge is 0.344 e. The molecule has 1 aliphatic rings. The van der Waals surface area contributed by atoms with Crippen LogP contribution in [-0.2, 0) is 9.53 Å². The monoisotopic (exact) mass is 398 g/mol. The molecule has 0 spiro atoms. The molecule has 0 saturated carbocycles. The fourth-order valence-corrected chi connectivity index (χ4v) is 2.86. The SMILES string of the molecule is COc1cccc(/C=C2\Oc3cc(OCC(=O)OC(C)C)ccc3C2=O)c1OC. The molecule has 7 heteroatoms. The number of esters is 1. The van der Waals surface area contributed by atoms with E-state index in [0.717, 1.165) is 0 Å². The number of para-hydroxylation sites is 1. The van der Waals surface area contributed by atoms with Crippen molar-refractivity contribution < 1.29 is 33.3 Å². The number of Topliss-reactive ketones (excluding diaryl/α,β-unsaturated/α-hetero) is 1. The van der Waals surface area contributed by atoms with Crippen molar-refractivity contribution in [2.45, 2.75) is 20.0 Å². The van der Waals surface area contributed by atoms with Crippen molar-refractivity contribution in [3.8, 4) is 23.0 Å². The molecule has 3 rings (SSSR count). The van der Waals surface area contributed by atoms with E-state index in [2.05, 4.69) is 0 Å². The van der Waals surface area contributed by atoms with Crippen molar-refractivity contribution >= 4 is 17.8 Å². The Balaban J connectivity index is 1.79. The highest BCUT2D eigenvalue weighted by Crippen LogP contribution is 2.37. The normalized spacial score (nSPS) is 13.8. The minimum atomic E-state index is -0.469. The topological polar surface area (TPSA) is 80.3 Å². The van der Waals surface area contributed by atoms with Gasteiger partial charge in [-0.05, 0) is 38.1 Å². The lowest BCUT2D eigenvalue weighted by Gasteiger charge is -2.10. The number of carbonyl (C=O) groups is 2. The van der Waals surface area contributed by atoms with Crippen LogP contribution in [0.15, 0.2) is 42.2 Å². The average Bonchev–Trinajstić information content (AvgIpc) is 3.00. The number of ketones is 1. The molecule has 0 fully saturated rings. The van der Waals surface area contributed by atoms with Crippen molar-refractivity contribution in [2.75, 3.05) is 20.8 Å². The molecule has 0 aromatic heterocycles. The zero-order valence-corrected chi connectivity index (χ0v) is 16.7. The molecule has 1 heterocycles. The Bertz CT molecular complexity index is 960. The van der Waals surface area contributed by atoms with Crippen LogP contribution in [0.5, 0.6) is 23.0 Å². The van der Waals surface area contributed by atoms with Crippen LogP contribution < -0.4 is 18.9 Å². The van der Waals surface area contributed by atoms with Gasteiger partial charge in [-0.25, -0.2) is 4.79 Å². The second-order valence-electron chi connectivity index (χ2n) is 6.51. The molecule has 7 nitrogen and oxygen atoms in total. The first kappa shape index (κ1) is 20.3. The molecule has 1 aliphatic heterocycles. The van der Waals surface area contributed by atoms with Crippen LogP contribution in [0.3, 0.4) is 0 Å². The maximum Gasteiger partial charge on any atom is 0.344 e. The van der Waals surface area contributed by atoms with E-state index in [-0.39, 0.29) is 24.3 Å². The molecule has 0 saturated heterocycles. The Morgan fingerprint density at radius 1 is 1.14 bits per heavy atom. The highest BCUT2D eigenvalue weighted by atomic mass is 16.6. The third-order valence-electron chi connectivity index (χ3n) is 4.09. The van der Waals surface area contributed by atoms with Crippen LogP contribution in [0.2, 0.25) is 0 Å². The highest BCUT2D eigenvalue weighted by Gasteiger charge is 2.28. The molecule has 29 heavy (non-hydrogen) atoms. The zero-order valence-electron chi connectivity index (χ0n) is 16.7. The van der Waals surface area contributed by atoms with Crippen LogP contribution in [0.1, 0.15) is 29.8 Å². The van der Waals surface area contributed by atoms with Crippen LogP contribution >= 0.6 is 0 Å². The Kier molecular flexibility index (Phi) is 6.07. The molecule has 0 aliphatic carbocycles. The van der Waals surface area contributed by atoms with E-state index < -0.39 is 5.97 Å². The van der Waals surface area contributed by atoms with Gasteiger partial charge in [0.25, 0.3) is 0 Å². The lowest BCUT2D eigenvalue weighted by Crippen LogP contribution is -2.18. The third kappa shape index (κ3) is 4.51. The fourth-order valence-electron chi connectivity index (χ4n) is 2.86. The predicted octanol–water partition coefficient (Wildman–Crippen LogP) is 3.65. The number of hydrogen-bond donors (Lipinski definition) is 0. The van der Waals surface area contributed by atoms with Crippen molar-refractivity contribution in [1.82, 2.24) is 0 Å². The first-order chi connectivity index (χ1) is 13.9. The van der Waals surface area contributed by atoms with Gasteiger partial charge in [0.05, 0.1) is 25.9 Å². The van der Waals surface area contributed by atoms with E-state index >= 15 is 0 Å². The number of rotatable bonds is 7. The Hall–Kier alpha value is -3.48. The number of fused-ring (bicyclic) bond motifs is 1. The van der Waals surface area contributed by atoms with Gasteiger partial charge in [0, 0.05) is 11.6 Å². The van der Waals surface area contributed by atoms with Gasteiger partial charge < -0.3 is 23.7 Å². The summed E-state index contributed by atoms with van der Waals surface area (Å²) in [7, 11) is 3.07. The molecule has 0 amide bonds. The van der Waals surface area contributed by atoms with Crippen LogP contribution in [0, 0.1) is 0 Å². The summed E-state index contributed by atoms with van der Waals surface area (Å²) in [6.45, 7) is 3.30. The minimum Gasteiger partial charge on any atom is -0.493 e. The summed E-state index contributed by atoms with van der Waals surface area (Å²) >= 11 is 0. The Morgan fingerprint density at radius 3 is 2.62 bits per heavy atom. The molecule has 0 N–H and O–H groups in total. The number of benzene rings is 2. The van der Waals surface area contributed by atoms with Crippen molar-refractivity contribution in [3.63, 3.8) is 0 Å². The first-order valence-corrected chi connectivity index (χ1v) is 9.04. The summed E-state index contributed by atoms with van der Waals surface area (Å²) in [4.78, 5) is 24.3. The molecule has 2 aromatic rings. The summed E-state index contributed by atoms with van der Waals surface area (Å²) in [5, 5.41) is 0. The van der Waals surface area contributed by atoms with Crippen molar-refractivity contribution in [1.29, 1.82) is 0 Å². The number of allylic oxidation sites excluding steroid dienone is 1. The first-order valence-electron chi connectivity index (χ1n) is 9.04. The number of ether oxygens (including phenoxy) is 5. The molecule has 0 bridgehead atoms. The molecular weight excluding hydrogens is 376 g/mol. The largest absolute Gasteiger partial charge is 0.493 e. The van der Waals surface area contributed by atoms with Crippen molar-refractivity contribution in [2.24, 2.45) is 0 Å². The molecule has 2 aromatic carbocycles. The molecule has 0 unspecified atom stereocenters. The molecular formula is C22H22O7. The van der Waals surface area contributed by atoms with Crippen LogP contribution in [0.25, 0.3) is 6.08 Å². The third-order valence-corrected chi connectivity index (χ3v) is 4.09. The predicted molar refractivity (Wildman–Crippen MR) is 106 cm³/mol. The molecule has 152 valence electrons. The number of methoxy groups -OCH3 is 2. The average molecular weight is 398 g/mol. The van der Waals surface area contributed by atoms with E-state index in [4.69, 9.17) is 23.7 Å². The standard InChI is InChI=1S/C22H22O7/c1-13(2)28-20(23)12-27-15-8-9-16-18(11-15)29-19(21(16)24)10-14-6-5-7-17(25-3)22(14)26-4/h5-11,13H,12H2,1-4H3/b19-10-. The van der Waals surface area contributed by atoms with Gasteiger partial charge >= 0.3 is 5.97 Å². The zero-order chi connectivity index (χ0) is 21.0. The van der Waals surface area contributed by atoms with E-state index in [9.17, 15) is 9.59 Å². The molecule has 0 atom stereocenters. The van der Waals surface area contributed by atoms with Crippen molar-refractivity contribution in [3.05, 3.63) is 53.3 Å². The van der Waals surface area contributed by atoms with E-state index in [0.29, 0.717) is 34.1 Å². The van der Waals surface area contributed by atoms with E-state index in [1.165, 1.54) is 7.11 Å². The highest BCUT2D eigenvalue weighted by molar-refractivity contribution is 6.14. The summed E-state index contributed by atoms with van der Waals surface area (Å²) in [6, 6.07) is 10.1. The van der Waals surface area contributed by atoms with Gasteiger partial charge in [-0.3, -0.25) is 4.79 Å². The lowest BCUT2D eigenvalue weighted by molar-refractivity contribution is -0.149. The summed E-state index contributed by atoms with van der Waals surface area (Å²) in [5.41, 5.74) is 1.06. The van der Waals surface area contributed by atoms with E-state index in [1.54, 1.807) is 63.4 Å². The van der Waals surface area contributed by atoms with Crippen LogP contribution in [0.4, 0.5) is 0 Å². The van der Waals surface area contributed by atoms with Gasteiger partial charge in [-0.15, -0.1) is 0 Å². The maximum atomic E-state index is 12.7. The molecule has 0 radical (unpaired) electrons. The van der Waals surface area contributed by atoms with Gasteiger partial charge in [0.1, 0.15) is 11.5 Å². The van der Waals surface area contributed by atoms with Gasteiger partial charge in [-0.1, -0.05) is 12.1 Å². The lowest BCUT2D eigenvalue weighted by atomic mass is 10.1. The Labute approximate surface area is 168 Å². The fraction of sp³-hybridized carbons (Fsp3) is 0.273. The van der Waals surface area contributed by atoms with Crippen LogP contribution in [-0.4, -0.2) is 38.7 Å². The number of hydrogen-bond acceptors (Lipinski definition) is 7. The summed E-state index contributed by atoms with van der Waals surface area (Å²) < 4.78 is 26.9. The summed E-state index contributed by atoms with van der Waals surface area (Å²) in [5.74, 6) is 1.24. The quantitative estimate of drug-likeness (QED) is 0.520. The number of carbonyl (C=O) groups excluding carboxylic acids is 2. The van der Waals surface area contributed by atoms with Gasteiger partial charge in [0.2, 0.25) is 5.78 Å². The van der Waals surface area contributed by atoms with Gasteiger partial charge in [-0.2, -0.15) is 0 Å². The van der Waals surface area contributed by atoms with E-state index in [1.807, 2.05) is 0 Å². The minimum absolute atomic E-state index is 0.155. The second-order valence-corrected chi connectivity index (χ2v) is 6.51. The summed E-state index contributed by atoms with van der Waals surface area (Å²) in [6.07, 6.45) is 1.39. The maximum absolute atomic E-state index is 12.7. The Morgan fingerprint density at radius 2 is 1.93 bits per heavy atom. The van der Waals surface area contributed by atoms with Gasteiger partial charge in [0.15, 0.2) is 23.9 Å².